The van der Waals surface area contributed by atoms with Crippen LogP contribution in [0.4, 0.5) is 0 Å². The van der Waals surface area contributed by atoms with Gasteiger partial charge in [-0.15, -0.1) is 12.4 Å². The molecule has 1 aromatic rings. The Morgan fingerprint density at radius 2 is 1.67 bits per heavy atom. The Bertz CT molecular complexity index is 350. The molecule has 0 amide bonds. The average molecular weight is 272 g/mol. The van der Waals surface area contributed by atoms with Crippen molar-refractivity contribution in [2.45, 2.75) is 13.0 Å². The molecule has 1 unspecified atom stereocenters. The number of hydrogen-bond acceptors (Lipinski definition) is 3. The summed E-state index contributed by atoms with van der Waals surface area (Å²) in [5.41, 5.74) is 1.32. The van der Waals surface area contributed by atoms with Crippen molar-refractivity contribution >= 4 is 12.4 Å². The molecule has 0 saturated carbocycles. The zero-order valence-corrected chi connectivity index (χ0v) is 12.1. The zero-order valence-electron chi connectivity index (χ0n) is 11.3. The maximum Gasteiger partial charge on any atom is 0.146 e. The maximum absolute atomic E-state index is 5.49. The molecule has 0 radical (unpaired) electrons. The molecule has 1 saturated heterocycles. The summed E-state index contributed by atoms with van der Waals surface area (Å²) in [6, 6.07) is 10.9. The van der Waals surface area contributed by atoms with E-state index in [9.17, 15) is 0 Å². The lowest BCUT2D eigenvalue weighted by molar-refractivity contribution is -0.177. The predicted octanol–water partition coefficient (Wildman–Crippen LogP) is 2.72. The van der Waals surface area contributed by atoms with Crippen LogP contribution in [0.15, 0.2) is 30.3 Å². The first-order valence-corrected chi connectivity index (χ1v) is 6.00. The van der Waals surface area contributed by atoms with Crippen molar-refractivity contribution in [1.29, 1.82) is 0 Å². The Labute approximate surface area is 115 Å². The van der Waals surface area contributed by atoms with Crippen LogP contribution in [-0.2, 0) is 9.47 Å². The van der Waals surface area contributed by atoms with Gasteiger partial charge in [0.15, 0.2) is 0 Å². The van der Waals surface area contributed by atoms with E-state index in [0.717, 1.165) is 13.2 Å². The van der Waals surface area contributed by atoms with E-state index in [1.54, 1.807) is 0 Å². The van der Waals surface area contributed by atoms with Crippen molar-refractivity contribution in [2.24, 2.45) is 5.41 Å². The molecule has 1 aliphatic rings. The maximum atomic E-state index is 5.49. The van der Waals surface area contributed by atoms with E-state index in [1.807, 2.05) is 6.07 Å². The van der Waals surface area contributed by atoms with Crippen LogP contribution in [-0.4, -0.2) is 39.0 Å². The van der Waals surface area contributed by atoms with Gasteiger partial charge in [-0.05, 0) is 19.7 Å². The number of nitrogens with zero attached hydrogens (tertiary/aromatic N) is 1. The molecular weight excluding hydrogens is 250 g/mol. The van der Waals surface area contributed by atoms with Crippen molar-refractivity contribution in [1.82, 2.24) is 4.90 Å². The van der Waals surface area contributed by atoms with E-state index in [-0.39, 0.29) is 17.8 Å². The molecule has 0 bridgehead atoms. The minimum absolute atomic E-state index is 0. The first kappa shape index (κ1) is 15.4. The van der Waals surface area contributed by atoms with Gasteiger partial charge in [-0.2, -0.15) is 0 Å². The van der Waals surface area contributed by atoms with Crippen LogP contribution < -0.4 is 0 Å². The molecule has 1 aromatic carbocycles. The highest BCUT2D eigenvalue weighted by molar-refractivity contribution is 5.85. The molecule has 1 atom stereocenters. The molecule has 0 N–H and O–H groups in total. The largest absolute Gasteiger partial charge is 0.355 e. The van der Waals surface area contributed by atoms with E-state index in [2.05, 4.69) is 50.2 Å². The third kappa shape index (κ3) is 3.23. The van der Waals surface area contributed by atoms with E-state index < -0.39 is 0 Å². The van der Waals surface area contributed by atoms with Gasteiger partial charge in [-0.3, -0.25) is 0 Å². The predicted molar refractivity (Wildman–Crippen MR) is 75.0 cm³/mol. The average Bonchev–Trinajstić information content (AvgIpc) is 2.30. The lowest BCUT2D eigenvalue weighted by Crippen LogP contribution is -2.45. The highest BCUT2D eigenvalue weighted by Crippen LogP contribution is 2.39. The second kappa shape index (κ2) is 6.53. The van der Waals surface area contributed by atoms with Gasteiger partial charge < -0.3 is 14.4 Å². The number of benzene rings is 1. The van der Waals surface area contributed by atoms with Gasteiger partial charge in [-0.25, -0.2) is 0 Å². The molecule has 1 aliphatic heterocycles. The molecule has 2 rings (SSSR count). The normalized spacial score (nSPS) is 20.2. The lowest BCUT2D eigenvalue weighted by Gasteiger charge is -2.43. The van der Waals surface area contributed by atoms with Gasteiger partial charge in [0.05, 0.1) is 13.2 Å². The molecule has 1 heterocycles. The fraction of sp³-hybridized carbons (Fsp3) is 0.571. The highest BCUT2D eigenvalue weighted by Gasteiger charge is 2.39. The SMILES string of the molecule is CN(C)C(c1ccccc1)C1(C)COCOC1.Cl. The van der Waals surface area contributed by atoms with Gasteiger partial charge in [0, 0.05) is 11.5 Å². The van der Waals surface area contributed by atoms with Gasteiger partial charge in [0.2, 0.25) is 0 Å². The van der Waals surface area contributed by atoms with Crippen molar-refractivity contribution in [3.8, 4) is 0 Å². The summed E-state index contributed by atoms with van der Waals surface area (Å²) in [4.78, 5) is 2.24. The molecule has 0 aliphatic carbocycles. The van der Waals surface area contributed by atoms with Gasteiger partial charge in [0.1, 0.15) is 6.79 Å². The molecule has 102 valence electrons. The van der Waals surface area contributed by atoms with Crippen LogP contribution in [0, 0.1) is 5.41 Å². The monoisotopic (exact) mass is 271 g/mol. The molecule has 3 nitrogen and oxygen atoms in total. The Morgan fingerprint density at radius 3 is 2.17 bits per heavy atom. The third-order valence-corrected chi connectivity index (χ3v) is 3.32. The van der Waals surface area contributed by atoms with E-state index in [0.29, 0.717) is 12.8 Å². The zero-order chi connectivity index (χ0) is 12.3. The minimum Gasteiger partial charge on any atom is -0.355 e. The van der Waals surface area contributed by atoms with Crippen molar-refractivity contribution in [3.05, 3.63) is 35.9 Å². The quantitative estimate of drug-likeness (QED) is 0.844. The first-order valence-electron chi connectivity index (χ1n) is 6.00. The first-order chi connectivity index (χ1) is 8.13. The Hall–Kier alpha value is -0.610. The number of ether oxygens (including phenoxy) is 2. The fourth-order valence-electron chi connectivity index (χ4n) is 2.77. The number of rotatable bonds is 3. The summed E-state index contributed by atoms with van der Waals surface area (Å²) in [7, 11) is 4.22. The van der Waals surface area contributed by atoms with Gasteiger partial charge in [-0.1, -0.05) is 37.3 Å². The van der Waals surface area contributed by atoms with Gasteiger partial charge in [0.25, 0.3) is 0 Å². The Kier molecular flexibility index (Phi) is 5.60. The van der Waals surface area contributed by atoms with Crippen molar-refractivity contribution < 1.29 is 9.47 Å². The van der Waals surface area contributed by atoms with Crippen LogP contribution in [0.25, 0.3) is 0 Å². The standard InChI is InChI=1S/C14H21NO2.ClH/c1-14(9-16-11-17-10-14)13(15(2)3)12-7-5-4-6-8-12;/h4-8,13H,9-11H2,1-3H3;1H. The van der Waals surface area contributed by atoms with Crippen LogP contribution in [0.5, 0.6) is 0 Å². The topological polar surface area (TPSA) is 21.7 Å². The summed E-state index contributed by atoms with van der Waals surface area (Å²) in [6.07, 6.45) is 0. The molecular formula is C14H22ClNO2. The van der Waals surface area contributed by atoms with Crippen LogP contribution in [0.3, 0.4) is 0 Å². The second-order valence-electron chi connectivity index (χ2n) is 5.25. The highest BCUT2D eigenvalue weighted by atomic mass is 35.5. The summed E-state index contributed by atoms with van der Waals surface area (Å²) < 4.78 is 11.0. The van der Waals surface area contributed by atoms with Crippen LogP contribution >= 0.6 is 12.4 Å². The van der Waals surface area contributed by atoms with Crippen molar-refractivity contribution in [2.75, 3.05) is 34.1 Å². The Morgan fingerprint density at radius 1 is 1.11 bits per heavy atom. The molecule has 0 spiro atoms. The third-order valence-electron chi connectivity index (χ3n) is 3.32. The summed E-state index contributed by atoms with van der Waals surface area (Å²) in [5.74, 6) is 0. The number of halogens is 1. The molecule has 0 aromatic heterocycles. The summed E-state index contributed by atoms with van der Waals surface area (Å²) in [6.45, 7) is 4.13. The van der Waals surface area contributed by atoms with Gasteiger partial charge >= 0.3 is 0 Å². The van der Waals surface area contributed by atoms with Crippen LogP contribution in [0.1, 0.15) is 18.5 Å². The number of hydrogen-bond donors (Lipinski definition) is 0. The van der Waals surface area contributed by atoms with Crippen LogP contribution in [0.2, 0.25) is 0 Å². The second-order valence-corrected chi connectivity index (χ2v) is 5.25. The molecule has 1 fully saturated rings. The summed E-state index contributed by atoms with van der Waals surface area (Å²) in [5, 5.41) is 0. The van der Waals surface area contributed by atoms with E-state index >= 15 is 0 Å². The summed E-state index contributed by atoms with van der Waals surface area (Å²) >= 11 is 0. The minimum atomic E-state index is 0. The fourth-order valence-corrected chi connectivity index (χ4v) is 2.77. The lowest BCUT2D eigenvalue weighted by atomic mass is 9.79. The molecule has 4 heteroatoms. The Balaban J connectivity index is 0.00000162. The van der Waals surface area contributed by atoms with E-state index in [4.69, 9.17) is 9.47 Å². The van der Waals surface area contributed by atoms with Crippen molar-refractivity contribution in [3.63, 3.8) is 0 Å². The molecule has 18 heavy (non-hydrogen) atoms. The smallest absolute Gasteiger partial charge is 0.146 e. The van der Waals surface area contributed by atoms with E-state index in [1.165, 1.54) is 5.56 Å².